The lowest BCUT2D eigenvalue weighted by Crippen LogP contribution is -2.30. The summed E-state index contributed by atoms with van der Waals surface area (Å²) in [7, 11) is 0. The molecular weight excluding hydrogens is 292 g/mol. The van der Waals surface area contributed by atoms with E-state index in [1.54, 1.807) is 6.33 Å². The van der Waals surface area contributed by atoms with Gasteiger partial charge in [0, 0.05) is 23.7 Å². The van der Waals surface area contributed by atoms with Crippen molar-refractivity contribution in [3.63, 3.8) is 0 Å². The van der Waals surface area contributed by atoms with E-state index < -0.39 is 0 Å². The molecule has 5 heteroatoms. The van der Waals surface area contributed by atoms with Crippen LogP contribution in [0.25, 0.3) is 22.3 Å². The molecule has 0 bridgehead atoms. The molecule has 3 heterocycles. The van der Waals surface area contributed by atoms with E-state index in [0.717, 1.165) is 46.1 Å². The fourth-order valence-corrected chi connectivity index (χ4v) is 3.23. The second kappa shape index (κ2) is 5.65. The van der Waals surface area contributed by atoms with Gasteiger partial charge in [0.15, 0.2) is 0 Å². The number of H-pyrrole nitrogens is 1. The van der Waals surface area contributed by atoms with Gasteiger partial charge in [-0.15, -0.1) is 12.6 Å². The predicted molar refractivity (Wildman–Crippen MR) is 92.6 cm³/mol. The first-order valence-electron chi connectivity index (χ1n) is 7.69. The fourth-order valence-electron chi connectivity index (χ4n) is 3.08. The summed E-state index contributed by atoms with van der Waals surface area (Å²) in [5.41, 5.74) is 3.11. The molecule has 0 saturated carbocycles. The van der Waals surface area contributed by atoms with E-state index in [9.17, 15) is 0 Å². The largest absolute Gasteiger partial charge is 0.356 e. The zero-order valence-corrected chi connectivity index (χ0v) is 13.2. The van der Waals surface area contributed by atoms with Gasteiger partial charge in [0.25, 0.3) is 0 Å². The molecule has 112 valence electrons. The number of thiol groups is 1. The maximum absolute atomic E-state index is 4.53. The van der Waals surface area contributed by atoms with Crippen LogP contribution >= 0.6 is 12.6 Å². The number of nitrogens with zero attached hydrogens (tertiary/aromatic N) is 3. The molecule has 1 aromatic carbocycles. The van der Waals surface area contributed by atoms with Gasteiger partial charge in [-0.3, -0.25) is 0 Å². The monoisotopic (exact) mass is 310 g/mol. The molecule has 2 aromatic heterocycles. The zero-order valence-electron chi connectivity index (χ0n) is 12.3. The molecule has 1 N–H and O–H groups in total. The maximum atomic E-state index is 4.53. The van der Waals surface area contributed by atoms with Crippen LogP contribution in [0.4, 0.5) is 5.82 Å². The number of rotatable bonds is 2. The van der Waals surface area contributed by atoms with E-state index in [4.69, 9.17) is 0 Å². The Labute approximate surface area is 135 Å². The van der Waals surface area contributed by atoms with Crippen molar-refractivity contribution in [3.05, 3.63) is 36.7 Å². The SMILES string of the molecule is Sc1ccc(-c2cc3c(N4CCCCC4)ncnc3[nH]2)cc1. The normalized spacial score (nSPS) is 15.4. The maximum Gasteiger partial charge on any atom is 0.143 e. The minimum Gasteiger partial charge on any atom is -0.356 e. The molecule has 0 amide bonds. The number of anilines is 1. The first-order valence-corrected chi connectivity index (χ1v) is 8.14. The van der Waals surface area contributed by atoms with Crippen molar-refractivity contribution in [2.45, 2.75) is 24.2 Å². The van der Waals surface area contributed by atoms with Gasteiger partial charge in [0.05, 0.1) is 5.39 Å². The van der Waals surface area contributed by atoms with E-state index in [0.29, 0.717) is 0 Å². The Morgan fingerprint density at radius 3 is 2.55 bits per heavy atom. The number of benzene rings is 1. The highest BCUT2D eigenvalue weighted by Gasteiger charge is 2.17. The molecule has 22 heavy (non-hydrogen) atoms. The highest BCUT2D eigenvalue weighted by molar-refractivity contribution is 7.80. The Balaban J connectivity index is 1.78. The third kappa shape index (κ3) is 2.46. The molecule has 4 nitrogen and oxygen atoms in total. The molecule has 0 unspecified atom stereocenters. The van der Waals surface area contributed by atoms with Crippen molar-refractivity contribution in [1.29, 1.82) is 0 Å². The number of hydrogen-bond acceptors (Lipinski definition) is 4. The summed E-state index contributed by atoms with van der Waals surface area (Å²) >= 11 is 4.34. The first-order chi connectivity index (χ1) is 10.8. The Morgan fingerprint density at radius 1 is 1.00 bits per heavy atom. The summed E-state index contributed by atoms with van der Waals surface area (Å²) in [6, 6.07) is 10.3. The van der Waals surface area contributed by atoms with Crippen LogP contribution in [0.15, 0.2) is 41.6 Å². The number of nitrogens with one attached hydrogen (secondary N) is 1. The van der Waals surface area contributed by atoms with Crippen molar-refractivity contribution >= 4 is 29.5 Å². The lowest BCUT2D eigenvalue weighted by Gasteiger charge is -2.27. The smallest absolute Gasteiger partial charge is 0.143 e. The second-order valence-corrected chi connectivity index (χ2v) is 6.25. The summed E-state index contributed by atoms with van der Waals surface area (Å²) < 4.78 is 0. The molecule has 0 aliphatic carbocycles. The molecule has 1 fully saturated rings. The Hall–Kier alpha value is -2.01. The molecule has 1 aliphatic heterocycles. The van der Waals surface area contributed by atoms with Crippen molar-refractivity contribution in [1.82, 2.24) is 15.0 Å². The molecule has 0 radical (unpaired) electrons. The van der Waals surface area contributed by atoms with Crippen LogP contribution in [0.1, 0.15) is 19.3 Å². The first kappa shape index (κ1) is 13.6. The number of aromatic nitrogens is 3. The number of aromatic amines is 1. The second-order valence-electron chi connectivity index (χ2n) is 5.74. The molecular formula is C17H18N4S. The third-order valence-corrected chi connectivity index (χ3v) is 4.54. The van der Waals surface area contributed by atoms with Gasteiger partial charge >= 0.3 is 0 Å². The van der Waals surface area contributed by atoms with Crippen LogP contribution in [0.3, 0.4) is 0 Å². The Kier molecular flexibility index (Phi) is 3.50. The van der Waals surface area contributed by atoms with Gasteiger partial charge in [0.2, 0.25) is 0 Å². The lowest BCUT2D eigenvalue weighted by atomic mass is 10.1. The van der Waals surface area contributed by atoms with Crippen molar-refractivity contribution in [2.24, 2.45) is 0 Å². The van der Waals surface area contributed by atoms with Crippen LogP contribution in [-0.2, 0) is 0 Å². The number of piperidine rings is 1. The van der Waals surface area contributed by atoms with Gasteiger partial charge < -0.3 is 9.88 Å². The van der Waals surface area contributed by atoms with Crippen LogP contribution in [0, 0.1) is 0 Å². The average Bonchev–Trinajstić information content (AvgIpc) is 3.00. The van der Waals surface area contributed by atoms with Gasteiger partial charge in [-0.2, -0.15) is 0 Å². The van der Waals surface area contributed by atoms with Crippen LogP contribution in [0.2, 0.25) is 0 Å². The van der Waals surface area contributed by atoms with Gasteiger partial charge in [-0.1, -0.05) is 12.1 Å². The van der Waals surface area contributed by atoms with Crippen molar-refractivity contribution in [2.75, 3.05) is 18.0 Å². The molecule has 1 aliphatic rings. The summed E-state index contributed by atoms with van der Waals surface area (Å²) in [5.74, 6) is 1.05. The fraction of sp³-hybridized carbons (Fsp3) is 0.294. The highest BCUT2D eigenvalue weighted by Crippen LogP contribution is 2.30. The molecule has 4 rings (SSSR count). The van der Waals surface area contributed by atoms with Crippen molar-refractivity contribution in [3.8, 4) is 11.3 Å². The summed E-state index contributed by atoms with van der Waals surface area (Å²) in [6.07, 6.45) is 5.46. The van der Waals surface area contributed by atoms with Crippen LogP contribution in [-0.4, -0.2) is 28.0 Å². The molecule has 0 atom stereocenters. The highest BCUT2D eigenvalue weighted by atomic mass is 32.1. The quantitative estimate of drug-likeness (QED) is 0.706. The lowest BCUT2D eigenvalue weighted by molar-refractivity contribution is 0.574. The number of fused-ring (bicyclic) bond motifs is 1. The average molecular weight is 310 g/mol. The van der Waals surface area contributed by atoms with E-state index in [1.807, 2.05) is 12.1 Å². The van der Waals surface area contributed by atoms with E-state index in [2.05, 4.69) is 50.7 Å². The number of hydrogen-bond donors (Lipinski definition) is 2. The summed E-state index contributed by atoms with van der Waals surface area (Å²) in [4.78, 5) is 15.7. The minimum absolute atomic E-state index is 0.903. The van der Waals surface area contributed by atoms with Gasteiger partial charge in [-0.25, -0.2) is 9.97 Å². The van der Waals surface area contributed by atoms with Gasteiger partial charge in [-0.05, 0) is 43.0 Å². The molecule has 3 aromatic rings. The summed E-state index contributed by atoms with van der Waals surface area (Å²) in [6.45, 7) is 2.17. The van der Waals surface area contributed by atoms with Gasteiger partial charge in [0.1, 0.15) is 17.8 Å². The van der Waals surface area contributed by atoms with E-state index in [-0.39, 0.29) is 0 Å². The summed E-state index contributed by atoms with van der Waals surface area (Å²) in [5, 5.41) is 1.11. The third-order valence-electron chi connectivity index (χ3n) is 4.24. The Bertz CT molecular complexity index is 788. The van der Waals surface area contributed by atoms with E-state index >= 15 is 0 Å². The zero-order chi connectivity index (χ0) is 14.9. The van der Waals surface area contributed by atoms with Crippen molar-refractivity contribution < 1.29 is 0 Å². The molecule has 0 spiro atoms. The van der Waals surface area contributed by atoms with E-state index in [1.165, 1.54) is 19.3 Å². The minimum atomic E-state index is 0.903. The Morgan fingerprint density at radius 2 is 1.77 bits per heavy atom. The molecule has 1 saturated heterocycles. The van der Waals surface area contributed by atoms with Crippen LogP contribution < -0.4 is 4.90 Å². The predicted octanol–water partition coefficient (Wildman–Crippen LogP) is 3.90. The standard InChI is InChI=1S/C17H18N4S/c22-13-6-4-12(5-7-13)15-10-14-16(20-15)18-11-19-17(14)21-8-2-1-3-9-21/h4-7,10-11,22H,1-3,8-9H2,(H,18,19,20). The van der Waals surface area contributed by atoms with Crippen LogP contribution in [0.5, 0.6) is 0 Å². The topological polar surface area (TPSA) is 44.8 Å².